The summed E-state index contributed by atoms with van der Waals surface area (Å²) in [4.78, 5) is 23.2. The summed E-state index contributed by atoms with van der Waals surface area (Å²) in [5.41, 5.74) is 3.12. The number of ether oxygens (including phenoxy) is 1. The second-order valence-electron chi connectivity index (χ2n) is 10.9. The van der Waals surface area contributed by atoms with Gasteiger partial charge < -0.3 is 15.2 Å². The van der Waals surface area contributed by atoms with Gasteiger partial charge in [0.15, 0.2) is 0 Å². The number of aromatic nitrogens is 2. The smallest absolute Gasteiger partial charge is 0.325 e. The lowest BCUT2D eigenvalue weighted by atomic mass is 9.96. The van der Waals surface area contributed by atoms with Crippen molar-refractivity contribution in [3.05, 3.63) is 52.7 Å². The third-order valence-corrected chi connectivity index (χ3v) is 8.18. The Kier molecular flexibility index (Phi) is 8.84. The normalized spacial score (nSPS) is 23.4. The maximum absolute atomic E-state index is 15.2. The molecule has 0 aromatic carbocycles. The van der Waals surface area contributed by atoms with E-state index < -0.39 is 24.0 Å². The van der Waals surface area contributed by atoms with Crippen molar-refractivity contribution in [1.29, 1.82) is 0 Å². The highest BCUT2D eigenvalue weighted by Crippen LogP contribution is 2.37. The molecule has 2 aromatic rings. The molecule has 0 aliphatic carbocycles. The van der Waals surface area contributed by atoms with Crippen molar-refractivity contribution in [2.75, 3.05) is 31.6 Å². The maximum Gasteiger partial charge on any atom is 0.325 e. The molecule has 3 aliphatic rings. The van der Waals surface area contributed by atoms with Crippen LogP contribution >= 0.6 is 0 Å². The molecule has 0 amide bonds. The molecular weight excluding hydrogens is 490 g/mol. The minimum Gasteiger partial charge on any atom is -0.480 e. The lowest BCUT2D eigenvalue weighted by molar-refractivity contribution is -0.143. The Balaban J connectivity index is 1.16. The lowest BCUT2D eigenvalue weighted by Crippen LogP contribution is -2.35. The van der Waals surface area contributed by atoms with E-state index in [1.165, 1.54) is 11.6 Å². The molecule has 7 nitrogen and oxygen atoms in total. The Bertz CT molecular complexity index is 1110. The van der Waals surface area contributed by atoms with Gasteiger partial charge in [-0.3, -0.25) is 14.7 Å². The molecule has 4 unspecified atom stereocenters. The van der Waals surface area contributed by atoms with Crippen LogP contribution in [0, 0.1) is 11.7 Å². The number of hydrogen-bond acceptors (Lipinski definition) is 6. The minimum atomic E-state index is -1.07. The van der Waals surface area contributed by atoms with Crippen LogP contribution in [0.4, 0.5) is 14.6 Å². The number of alkyl halides is 1. The second-order valence-corrected chi connectivity index (χ2v) is 10.9. The Morgan fingerprint density at radius 1 is 1.24 bits per heavy atom. The van der Waals surface area contributed by atoms with Crippen molar-refractivity contribution in [2.45, 2.75) is 82.5 Å². The fourth-order valence-electron chi connectivity index (χ4n) is 6.13. The molecule has 0 bridgehead atoms. The molecular formula is C29H38F2N4O3. The fourth-order valence-corrected chi connectivity index (χ4v) is 6.13. The number of nitrogens with one attached hydrogen (secondary N) is 1. The molecule has 5 heterocycles. The largest absolute Gasteiger partial charge is 0.480 e. The number of unbranched alkanes of at least 4 members (excludes halogenated alkanes) is 1. The van der Waals surface area contributed by atoms with Crippen LogP contribution in [0.15, 0.2) is 24.4 Å². The van der Waals surface area contributed by atoms with Crippen molar-refractivity contribution in [3.63, 3.8) is 0 Å². The van der Waals surface area contributed by atoms with Crippen molar-refractivity contribution >= 4 is 11.8 Å². The van der Waals surface area contributed by atoms with E-state index in [0.29, 0.717) is 43.8 Å². The van der Waals surface area contributed by atoms with E-state index in [2.05, 4.69) is 22.4 Å². The SMILES string of the molecule is O=C(O)C(c1cc(F)cnc1C1CCCCO1)N1CCC(C(F)CCCCc2ccc3c(n2)NCCC3)C1. The van der Waals surface area contributed by atoms with Gasteiger partial charge in [-0.25, -0.2) is 13.8 Å². The number of rotatable bonds is 10. The van der Waals surface area contributed by atoms with Gasteiger partial charge in [-0.05, 0) is 82.0 Å². The number of carboxylic acids is 1. The topological polar surface area (TPSA) is 87.6 Å². The molecule has 0 spiro atoms. The van der Waals surface area contributed by atoms with E-state index in [1.54, 1.807) is 4.90 Å². The highest BCUT2D eigenvalue weighted by atomic mass is 19.1. The molecule has 0 saturated carbocycles. The number of likely N-dealkylation sites (tertiary alicyclic amines) is 1. The molecule has 5 rings (SSSR count). The van der Waals surface area contributed by atoms with Crippen LogP contribution in [-0.2, 0) is 22.4 Å². The monoisotopic (exact) mass is 528 g/mol. The number of hydrogen-bond donors (Lipinski definition) is 2. The predicted octanol–water partition coefficient (Wildman–Crippen LogP) is 5.41. The number of aryl methyl sites for hydroxylation is 2. The zero-order chi connectivity index (χ0) is 26.5. The van der Waals surface area contributed by atoms with Gasteiger partial charge in [0, 0.05) is 36.9 Å². The van der Waals surface area contributed by atoms with Gasteiger partial charge in [-0.1, -0.05) is 12.5 Å². The van der Waals surface area contributed by atoms with E-state index in [4.69, 9.17) is 9.72 Å². The number of halogens is 2. The van der Waals surface area contributed by atoms with Crippen LogP contribution in [0.25, 0.3) is 0 Å². The number of anilines is 1. The molecule has 38 heavy (non-hydrogen) atoms. The average molecular weight is 529 g/mol. The molecule has 2 N–H and O–H groups in total. The number of aliphatic carboxylic acids is 1. The Morgan fingerprint density at radius 2 is 2.13 bits per heavy atom. The summed E-state index contributed by atoms with van der Waals surface area (Å²) in [6.45, 7) is 2.32. The van der Waals surface area contributed by atoms with Crippen molar-refractivity contribution in [1.82, 2.24) is 14.9 Å². The first-order chi connectivity index (χ1) is 18.5. The summed E-state index contributed by atoms with van der Waals surface area (Å²) in [6.07, 6.45) is 8.07. The Morgan fingerprint density at radius 3 is 2.95 bits per heavy atom. The Hall–Kier alpha value is -2.65. The summed E-state index contributed by atoms with van der Waals surface area (Å²) in [7, 11) is 0. The maximum atomic E-state index is 15.2. The standard InChI is InChI=1S/C29H38F2N4O3/c30-21-16-23(26(33-17-21)25-9-3-4-15-38-25)27(29(36)37)35-14-12-20(18-35)24(31)8-2-1-7-22-11-10-19-6-5-13-32-28(19)34-22/h10-11,16-17,20,24-25,27H,1-9,12-15,18H2,(H,32,34)(H,36,37). The molecule has 4 atom stereocenters. The lowest BCUT2D eigenvalue weighted by Gasteiger charge is -2.30. The van der Waals surface area contributed by atoms with Gasteiger partial charge in [0.25, 0.3) is 0 Å². The van der Waals surface area contributed by atoms with E-state index in [9.17, 15) is 14.3 Å². The highest BCUT2D eigenvalue weighted by Gasteiger charge is 2.39. The van der Waals surface area contributed by atoms with Crippen LogP contribution < -0.4 is 5.32 Å². The van der Waals surface area contributed by atoms with E-state index in [-0.39, 0.29) is 12.0 Å². The summed E-state index contributed by atoms with van der Waals surface area (Å²) in [5.74, 6) is -0.895. The van der Waals surface area contributed by atoms with Gasteiger partial charge in [0.2, 0.25) is 0 Å². The van der Waals surface area contributed by atoms with Crippen LogP contribution in [-0.4, -0.2) is 58.4 Å². The molecule has 2 saturated heterocycles. The van der Waals surface area contributed by atoms with Crippen LogP contribution in [0.1, 0.15) is 86.0 Å². The number of fused-ring (bicyclic) bond motifs is 1. The molecule has 206 valence electrons. The summed E-state index contributed by atoms with van der Waals surface area (Å²) in [5, 5.41) is 13.5. The van der Waals surface area contributed by atoms with Gasteiger partial charge in [0.1, 0.15) is 23.8 Å². The van der Waals surface area contributed by atoms with Crippen molar-refractivity contribution in [3.8, 4) is 0 Å². The minimum absolute atomic E-state index is 0.237. The predicted molar refractivity (Wildman–Crippen MR) is 140 cm³/mol. The first-order valence-corrected chi connectivity index (χ1v) is 14.1. The number of carbonyl (C=O) groups is 1. The molecule has 2 aromatic heterocycles. The van der Waals surface area contributed by atoms with Crippen molar-refractivity contribution < 1.29 is 23.4 Å². The number of carboxylic acid groups (broad SMARTS) is 1. The summed E-state index contributed by atoms with van der Waals surface area (Å²) in [6, 6.07) is 4.42. The van der Waals surface area contributed by atoms with Gasteiger partial charge in [0.05, 0.1) is 18.0 Å². The summed E-state index contributed by atoms with van der Waals surface area (Å²) < 4.78 is 35.3. The van der Waals surface area contributed by atoms with Crippen LogP contribution in [0.2, 0.25) is 0 Å². The summed E-state index contributed by atoms with van der Waals surface area (Å²) >= 11 is 0. The fraction of sp³-hybridized carbons (Fsp3) is 0.621. The zero-order valence-corrected chi connectivity index (χ0v) is 21.9. The first-order valence-electron chi connectivity index (χ1n) is 14.1. The molecule has 2 fully saturated rings. The van der Waals surface area contributed by atoms with Gasteiger partial charge in [-0.15, -0.1) is 0 Å². The average Bonchev–Trinajstić information content (AvgIpc) is 3.41. The molecule has 0 radical (unpaired) electrons. The zero-order valence-electron chi connectivity index (χ0n) is 21.9. The van der Waals surface area contributed by atoms with E-state index in [0.717, 1.165) is 75.6 Å². The first kappa shape index (κ1) is 26.9. The number of pyridine rings is 2. The van der Waals surface area contributed by atoms with Crippen LogP contribution in [0.3, 0.4) is 0 Å². The highest BCUT2D eigenvalue weighted by molar-refractivity contribution is 5.76. The molecule has 3 aliphatic heterocycles. The van der Waals surface area contributed by atoms with E-state index in [1.807, 2.05) is 0 Å². The van der Waals surface area contributed by atoms with E-state index >= 15 is 4.39 Å². The Labute approximate surface area is 223 Å². The van der Waals surface area contributed by atoms with Gasteiger partial charge in [-0.2, -0.15) is 0 Å². The second kappa shape index (κ2) is 12.5. The third kappa shape index (κ3) is 6.31. The van der Waals surface area contributed by atoms with Gasteiger partial charge >= 0.3 is 5.97 Å². The quantitative estimate of drug-likeness (QED) is 0.399. The number of nitrogens with zero attached hydrogens (tertiary/aromatic N) is 3. The van der Waals surface area contributed by atoms with Crippen molar-refractivity contribution in [2.24, 2.45) is 5.92 Å². The van der Waals surface area contributed by atoms with Crippen LogP contribution in [0.5, 0.6) is 0 Å². The molecule has 9 heteroatoms. The third-order valence-electron chi connectivity index (χ3n) is 8.18.